The fraction of sp³-hybridized carbons (Fsp3) is 0.944. The average Bonchev–Trinajstić information content (AvgIpc) is 2.65. The van der Waals surface area contributed by atoms with E-state index < -0.39 is 8.32 Å². The van der Waals surface area contributed by atoms with Crippen molar-refractivity contribution in [2.75, 3.05) is 0 Å². The molecular formula is C18H34O2Si. The topological polar surface area (TPSA) is 26.3 Å². The second kappa shape index (κ2) is 5.49. The van der Waals surface area contributed by atoms with Crippen molar-refractivity contribution in [2.45, 2.75) is 91.0 Å². The highest BCUT2D eigenvalue weighted by molar-refractivity contribution is 6.74. The van der Waals surface area contributed by atoms with E-state index in [9.17, 15) is 4.79 Å². The van der Waals surface area contributed by atoms with E-state index in [4.69, 9.17) is 4.43 Å². The Morgan fingerprint density at radius 3 is 2.33 bits per heavy atom. The third-order valence-electron chi connectivity index (χ3n) is 6.81. The molecule has 1 unspecified atom stereocenters. The first kappa shape index (κ1) is 17.2. The van der Waals surface area contributed by atoms with Crippen LogP contribution in [0.1, 0.15) is 66.7 Å². The van der Waals surface area contributed by atoms with Gasteiger partial charge in [-0.3, -0.25) is 4.79 Å². The summed E-state index contributed by atoms with van der Waals surface area (Å²) >= 11 is 0. The summed E-state index contributed by atoms with van der Waals surface area (Å²) in [5.41, 5.74) is 0.192. The molecule has 2 saturated carbocycles. The van der Waals surface area contributed by atoms with Gasteiger partial charge in [-0.1, -0.05) is 34.1 Å². The largest absolute Gasteiger partial charge is 0.414 e. The third kappa shape index (κ3) is 3.01. The molecule has 0 aliphatic heterocycles. The monoisotopic (exact) mass is 310 g/mol. The van der Waals surface area contributed by atoms with Crippen LogP contribution in [0.25, 0.3) is 0 Å². The highest BCUT2D eigenvalue weighted by Crippen LogP contribution is 2.57. The molecule has 0 heterocycles. The van der Waals surface area contributed by atoms with E-state index >= 15 is 0 Å². The quantitative estimate of drug-likeness (QED) is 0.671. The van der Waals surface area contributed by atoms with Crippen molar-refractivity contribution in [2.24, 2.45) is 17.3 Å². The Morgan fingerprint density at radius 1 is 1.19 bits per heavy atom. The zero-order valence-electron chi connectivity index (χ0n) is 15.1. The molecule has 0 aromatic carbocycles. The third-order valence-corrected chi connectivity index (χ3v) is 11.3. The Balaban J connectivity index is 2.19. The lowest BCUT2D eigenvalue weighted by atomic mass is 9.63. The lowest BCUT2D eigenvalue weighted by molar-refractivity contribution is -0.126. The maximum Gasteiger partial charge on any atom is 0.192 e. The molecule has 0 bridgehead atoms. The highest BCUT2D eigenvalue weighted by Gasteiger charge is 2.54. The van der Waals surface area contributed by atoms with Gasteiger partial charge >= 0.3 is 0 Å². The second-order valence-electron chi connectivity index (χ2n) is 9.16. The van der Waals surface area contributed by atoms with Crippen LogP contribution in [0.5, 0.6) is 0 Å². The SMILES string of the molecule is CC(=O)[C@H]1CCC2[C@@H](O[Si](C)(C)C(C)(C)C)CCC[C@@]21C. The van der Waals surface area contributed by atoms with Crippen molar-refractivity contribution in [3.8, 4) is 0 Å². The molecule has 2 fully saturated rings. The molecule has 2 aliphatic carbocycles. The number of hydrogen-bond donors (Lipinski definition) is 0. The zero-order valence-corrected chi connectivity index (χ0v) is 16.1. The van der Waals surface area contributed by atoms with Gasteiger partial charge in [0.25, 0.3) is 0 Å². The van der Waals surface area contributed by atoms with Gasteiger partial charge in [-0.15, -0.1) is 0 Å². The Bertz CT molecular complexity index is 410. The van der Waals surface area contributed by atoms with E-state index in [-0.39, 0.29) is 16.4 Å². The molecule has 0 spiro atoms. The van der Waals surface area contributed by atoms with Gasteiger partial charge in [0.2, 0.25) is 0 Å². The molecule has 2 rings (SSSR count). The minimum absolute atomic E-state index is 0.192. The molecule has 0 aromatic rings. The number of fused-ring (bicyclic) bond motifs is 1. The zero-order chi connectivity index (χ0) is 16.1. The van der Waals surface area contributed by atoms with Gasteiger partial charge in [-0.05, 0) is 62.1 Å². The van der Waals surface area contributed by atoms with Crippen molar-refractivity contribution in [3.63, 3.8) is 0 Å². The lowest BCUT2D eigenvalue weighted by Gasteiger charge is -2.48. The van der Waals surface area contributed by atoms with E-state index in [2.05, 4.69) is 40.8 Å². The molecule has 0 radical (unpaired) electrons. The molecule has 0 saturated heterocycles. The molecular weight excluding hydrogens is 276 g/mol. The Hall–Kier alpha value is -0.153. The Kier molecular flexibility index (Phi) is 4.49. The fourth-order valence-corrected chi connectivity index (χ4v) is 5.88. The second-order valence-corrected chi connectivity index (χ2v) is 13.9. The van der Waals surface area contributed by atoms with Crippen LogP contribution >= 0.6 is 0 Å². The summed E-state index contributed by atoms with van der Waals surface area (Å²) in [6.07, 6.45) is 6.26. The van der Waals surface area contributed by atoms with Gasteiger partial charge in [-0.2, -0.15) is 0 Å². The number of carbonyl (C=O) groups excluding carboxylic acids is 1. The molecule has 0 amide bonds. The number of Topliss-reactive ketones (excluding diaryl/α,β-unsaturated/α-hetero) is 1. The van der Waals surface area contributed by atoms with Crippen LogP contribution in [0.3, 0.4) is 0 Å². The van der Waals surface area contributed by atoms with Crippen LogP contribution in [-0.2, 0) is 9.22 Å². The van der Waals surface area contributed by atoms with Gasteiger partial charge < -0.3 is 4.43 Å². The summed E-state index contributed by atoms with van der Waals surface area (Å²) in [6.45, 7) is 15.8. The minimum Gasteiger partial charge on any atom is -0.414 e. The molecule has 122 valence electrons. The van der Waals surface area contributed by atoms with E-state index in [1.54, 1.807) is 6.92 Å². The van der Waals surface area contributed by atoms with Crippen LogP contribution in [-0.4, -0.2) is 20.2 Å². The van der Waals surface area contributed by atoms with Crippen molar-refractivity contribution in [1.82, 2.24) is 0 Å². The van der Waals surface area contributed by atoms with Crippen LogP contribution in [0, 0.1) is 17.3 Å². The van der Waals surface area contributed by atoms with Gasteiger partial charge in [0.1, 0.15) is 5.78 Å². The molecule has 0 N–H and O–H groups in total. The molecule has 0 aromatic heterocycles. The van der Waals surface area contributed by atoms with E-state index in [0.29, 0.717) is 17.8 Å². The van der Waals surface area contributed by atoms with Crippen molar-refractivity contribution >= 4 is 14.1 Å². The summed E-state index contributed by atoms with van der Waals surface area (Å²) in [5.74, 6) is 1.26. The van der Waals surface area contributed by atoms with Crippen LogP contribution < -0.4 is 0 Å². The summed E-state index contributed by atoms with van der Waals surface area (Å²) < 4.78 is 6.78. The Labute approximate surface area is 132 Å². The molecule has 4 atom stereocenters. The van der Waals surface area contributed by atoms with E-state index in [1.165, 1.54) is 25.7 Å². The van der Waals surface area contributed by atoms with Crippen molar-refractivity contribution < 1.29 is 9.22 Å². The summed E-state index contributed by atoms with van der Waals surface area (Å²) in [5, 5.41) is 0.263. The summed E-state index contributed by atoms with van der Waals surface area (Å²) in [4.78, 5) is 12.0. The molecule has 21 heavy (non-hydrogen) atoms. The predicted octanol–water partition coefficient (Wildman–Crippen LogP) is 5.18. The maximum atomic E-state index is 12.0. The molecule has 2 aliphatic rings. The smallest absolute Gasteiger partial charge is 0.192 e. The van der Waals surface area contributed by atoms with Gasteiger partial charge in [-0.25, -0.2) is 0 Å². The molecule has 3 heteroatoms. The van der Waals surface area contributed by atoms with Gasteiger partial charge in [0.15, 0.2) is 8.32 Å². The number of ketones is 1. The number of rotatable bonds is 3. The van der Waals surface area contributed by atoms with Crippen LogP contribution in [0.4, 0.5) is 0 Å². The number of hydrogen-bond acceptors (Lipinski definition) is 2. The molecule has 2 nitrogen and oxygen atoms in total. The van der Waals surface area contributed by atoms with Crippen LogP contribution in [0.2, 0.25) is 18.1 Å². The van der Waals surface area contributed by atoms with Crippen molar-refractivity contribution in [3.05, 3.63) is 0 Å². The number of carbonyl (C=O) groups is 1. The summed E-state index contributed by atoms with van der Waals surface area (Å²) in [7, 11) is -1.72. The van der Waals surface area contributed by atoms with Crippen LogP contribution in [0.15, 0.2) is 0 Å². The fourth-order valence-electron chi connectivity index (χ4n) is 4.48. The summed E-state index contributed by atoms with van der Waals surface area (Å²) in [6, 6.07) is 0. The normalized spacial score (nSPS) is 37.4. The lowest BCUT2D eigenvalue weighted by Crippen LogP contribution is -2.50. The standard InChI is InChI=1S/C18H34O2Si/c1-13(19)14-10-11-15-16(9-8-12-18(14,15)5)20-21(6,7)17(2,3)4/h14-16H,8-12H2,1-7H3/t14-,15?,16+,18-/m1/s1. The first-order chi connectivity index (χ1) is 9.49. The van der Waals surface area contributed by atoms with E-state index in [1.807, 2.05) is 0 Å². The van der Waals surface area contributed by atoms with E-state index in [0.717, 1.165) is 6.42 Å². The first-order valence-electron chi connectivity index (χ1n) is 8.67. The van der Waals surface area contributed by atoms with Gasteiger partial charge in [0.05, 0.1) is 0 Å². The maximum absolute atomic E-state index is 12.0. The average molecular weight is 311 g/mol. The highest BCUT2D eigenvalue weighted by atomic mass is 28.4. The Morgan fingerprint density at radius 2 is 1.81 bits per heavy atom. The van der Waals surface area contributed by atoms with Gasteiger partial charge in [0, 0.05) is 12.0 Å². The minimum atomic E-state index is -1.72. The first-order valence-corrected chi connectivity index (χ1v) is 11.6. The van der Waals surface area contributed by atoms with Crippen molar-refractivity contribution in [1.29, 1.82) is 0 Å². The predicted molar refractivity (Wildman–Crippen MR) is 90.9 cm³/mol.